The summed E-state index contributed by atoms with van der Waals surface area (Å²) >= 11 is 2.15. The molecule has 19 heavy (non-hydrogen) atoms. The molecule has 1 nitrogen and oxygen atoms in total. The van der Waals surface area contributed by atoms with E-state index in [1.165, 1.54) is 62.9 Å². The van der Waals surface area contributed by atoms with Crippen molar-refractivity contribution in [2.45, 2.75) is 50.8 Å². The number of hydrogen-bond donors (Lipinski definition) is 0. The average Bonchev–Trinajstić information content (AvgIpc) is 2.49. The first-order valence-electron chi connectivity index (χ1n) is 7.82. The maximum absolute atomic E-state index is 2.69. The largest absolute Gasteiger partial charge is 0.288 e. The molecule has 1 heterocycles. The molecule has 1 atom stereocenters. The highest BCUT2D eigenvalue weighted by molar-refractivity contribution is 7.99. The van der Waals surface area contributed by atoms with Crippen LogP contribution in [0.2, 0.25) is 0 Å². The molecule has 1 aromatic carbocycles. The lowest BCUT2D eigenvalue weighted by Gasteiger charge is -2.34. The van der Waals surface area contributed by atoms with E-state index in [1.54, 1.807) is 0 Å². The van der Waals surface area contributed by atoms with E-state index in [0.717, 1.165) is 0 Å². The predicted molar refractivity (Wildman–Crippen MR) is 86.6 cm³/mol. The third-order valence-corrected chi connectivity index (χ3v) is 5.24. The van der Waals surface area contributed by atoms with Crippen LogP contribution in [0.5, 0.6) is 0 Å². The normalized spacial score (nSPS) is 18.4. The van der Waals surface area contributed by atoms with Crippen molar-refractivity contribution in [2.24, 2.45) is 0 Å². The van der Waals surface area contributed by atoms with E-state index in [0.29, 0.717) is 5.37 Å². The minimum Gasteiger partial charge on any atom is -0.288 e. The van der Waals surface area contributed by atoms with Crippen molar-refractivity contribution in [3.63, 3.8) is 0 Å². The minimum absolute atomic E-state index is 0.582. The molecule has 1 aliphatic heterocycles. The van der Waals surface area contributed by atoms with Gasteiger partial charge in [0, 0.05) is 0 Å². The molecular formula is C17H27NS. The van der Waals surface area contributed by atoms with Crippen molar-refractivity contribution in [1.82, 2.24) is 4.90 Å². The summed E-state index contributed by atoms with van der Waals surface area (Å²) in [6.07, 6.45) is 8.21. The highest BCUT2D eigenvalue weighted by atomic mass is 32.2. The van der Waals surface area contributed by atoms with Crippen LogP contribution in [0.1, 0.15) is 56.4 Å². The summed E-state index contributed by atoms with van der Waals surface area (Å²) in [6, 6.07) is 11.1. The first kappa shape index (κ1) is 14.9. The first-order valence-corrected chi connectivity index (χ1v) is 8.87. The van der Waals surface area contributed by atoms with Gasteiger partial charge in [0.1, 0.15) is 0 Å². The van der Waals surface area contributed by atoms with Crippen LogP contribution in [0.4, 0.5) is 0 Å². The SMILES string of the molecule is CCCCCSC(c1ccccc1)N1CCCCC1. The summed E-state index contributed by atoms with van der Waals surface area (Å²) in [5.41, 5.74) is 1.49. The highest BCUT2D eigenvalue weighted by Gasteiger charge is 2.22. The molecule has 0 radical (unpaired) electrons. The van der Waals surface area contributed by atoms with E-state index in [4.69, 9.17) is 0 Å². The van der Waals surface area contributed by atoms with E-state index in [2.05, 4.69) is 53.9 Å². The Kier molecular flexibility index (Phi) is 6.80. The number of rotatable bonds is 7. The minimum atomic E-state index is 0.582. The summed E-state index contributed by atoms with van der Waals surface area (Å²) in [5, 5.41) is 0.582. The monoisotopic (exact) mass is 277 g/mol. The molecule has 0 amide bonds. The van der Waals surface area contributed by atoms with Gasteiger partial charge in [-0.2, -0.15) is 0 Å². The molecule has 0 saturated carbocycles. The van der Waals surface area contributed by atoms with Gasteiger partial charge in [0.2, 0.25) is 0 Å². The molecular weight excluding hydrogens is 250 g/mol. The Morgan fingerprint density at radius 1 is 1.05 bits per heavy atom. The van der Waals surface area contributed by atoms with Crippen molar-refractivity contribution in [2.75, 3.05) is 18.8 Å². The predicted octanol–water partition coefficient (Wildman–Crippen LogP) is 5.09. The molecule has 1 aliphatic rings. The maximum Gasteiger partial charge on any atom is 0.0814 e. The van der Waals surface area contributed by atoms with Crippen molar-refractivity contribution in [3.05, 3.63) is 35.9 Å². The maximum atomic E-state index is 2.69. The van der Waals surface area contributed by atoms with E-state index in [1.807, 2.05) is 0 Å². The quantitative estimate of drug-likeness (QED) is 0.638. The summed E-state index contributed by atoms with van der Waals surface area (Å²) in [7, 11) is 0. The Morgan fingerprint density at radius 3 is 2.47 bits per heavy atom. The van der Waals surface area contributed by atoms with Crippen molar-refractivity contribution in [1.29, 1.82) is 0 Å². The van der Waals surface area contributed by atoms with Crippen LogP contribution in [0.25, 0.3) is 0 Å². The van der Waals surface area contributed by atoms with Crippen LogP contribution >= 0.6 is 11.8 Å². The van der Waals surface area contributed by atoms with Crippen LogP contribution in [0, 0.1) is 0 Å². The van der Waals surface area contributed by atoms with Gasteiger partial charge in [0.25, 0.3) is 0 Å². The van der Waals surface area contributed by atoms with Crippen LogP contribution in [0.3, 0.4) is 0 Å². The van der Waals surface area contributed by atoms with E-state index in [-0.39, 0.29) is 0 Å². The number of piperidine rings is 1. The molecule has 106 valence electrons. The van der Waals surface area contributed by atoms with Gasteiger partial charge in [-0.15, -0.1) is 11.8 Å². The van der Waals surface area contributed by atoms with Gasteiger partial charge < -0.3 is 0 Å². The Morgan fingerprint density at radius 2 is 1.79 bits per heavy atom. The molecule has 0 spiro atoms. The molecule has 1 fully saturated rings. The topological polar surface area (TPSA) is 3.24 Å². The van der Waals surface area contributed by atoms with Gasteiger partial charge in [-0.3, -0.25) is 4.90 Å². The number of unbranched alkanes of at least 4 members (excludes halogenated alkanes) is 2. The summed E-state index contributed by atoms with van der Waals surface area (Å²) in [6.45, 7) is 4.84. The van der Waals surface area contributed by atoms with Crippen LogP contribution in [-0.2, 0) is 0 Å². The number of hydrogen-bond acceptors (Lipinski definition) is 2. The van der Waals surface area contributed by atoms with Gasteiger partial charge in [-0.25, -0.2) is 0 Å². The number of likely N-dealkylation sites (tertiary alicyclic amines) is 1. The molecule has 0 bridgehead atoms. The zero-order valence-electron chi connectivity index (χ0n) is 12.2. The van der Waals surface area contributed by atoms with Crippen molar-refractivity contribution >= 4 is 11.8 Å². The Hall–Kier alpha value is -0.470. The van der Waals surface area contributed by atoms with E-state index in [9.17, 15) is 0 Å². The molecule has 2 heteroatoms. The molecule has 0 N–H and O–H groups in total. The van der Waals surface area contributed by atoms with Gasteiger partial charge in [-0.05, 0) is 43.7 Å². The summed E-state index contributed by atoms with van der Waals surface area (Å²) in [4.78, 5) is 2.69. The fraction of sp³-hybridized carbons (Fsp3) is 0.647. The van der Waals surface area contributed by atoms with E-state index < -0.39 is 0 Å². The number of nitrogens with zero attached hydrogens (tertiary/aromatic N) is 1. The molecule has 2 rings (SSSR count). The highest BCUT2D eigenvalue weighted by Crippen LogP contribution is 2.35. The third-order valence-electron chi connectivity index (χ3n) is 3.83. The van der Waals surface area contributed by atoms with Gasteiger partial charge >= 0.3 is 0 Å². The Balaban J connectivity index is 1.96. The second kappa shape index (κ2) is 8.65. The van der Waals surface area contributed by atoms with Crippen LogP contribution in [0.15, 0.2) is 30.3 Å². The second-order valence-corrected chi connectivity index (χ2v) is 6.63. The van der Waals surface area contributed by atoms with Crippen LogP contribution < -0.4 is 0 Å². The lowest BCUT2D eigenvalue weighted by atomic mass is 10.1. The Labute approximate surface area is 122 Å². The fourth-order valence-electron chi connectivity index (χ4n) is 2.73. The third kappa shape index (κ3) is 4.85. The summed E-state index contributed by atoms with van der Waals surface area (Å²) in [5.74, 6) is 1.30. The molecule has 0 aromatic heterocycles. The van der Waals surface area contributed by atoms with Gasteiger partial charge in [0.15, 0.2) is 0 Å². The summed E-state index contributed by atoms with van der Waals surface area (Å²) < 4.78 is 0. The average molecular weight is 277 g/mol. The smallest absolute Gasteiger partial charge is 0.0814 e. The number of benzene rings is 1. The molecule has 0 aliphatic carbocycles. The lowest BCUT2D eigenvalue weighted by molar-refractivity contribution is 0.215. The zero-order chi connectivity index (χ0) is 13.3. The molecule has 1 saturated heterocycles. The van der Waals surface area contributed by atoms with Crippen molar-refractivity contribution < 1.29 is 0 Å². The van der Waals surface area contributed by atoms with Gasteiger partial charge in [0.05, 0.1) is 5.37 Å². The molecule has 1 aromatic rings. The Bertz CT molecular complexity index is 332. The number of thioether (sulfide) groups is 1. The van der Waals surface area contributed by atoms with E-state index >= 15 is 0 Å². The first-order chi connectivity index (χ1) is 9.42. The standard InChI is InChI=1S/C17H27NS/c1-2-3-10-15-19-17(16-11-6-4-7-12-16)18-13-8-5-9-14-18/h4,6-7,11-12,17H,2-3,5,8-10,13-15H2,1H3. The fourth-order valence-corrected chi connectivity index (χ4v) is 4.10. The van der Waals surface area contributed by atoms with Crippen molar-refractivity contribution in [3.8, 4) is 0 Å². The zero-order valence-corrected chi connectivity index (χ0v) is 13.0. The second-order valence-electron chi connectivity index (χ2n) is 5.44. The van der Waals surface area contributed by atoms with Gasteiger partial charge in [-0.1, -0.05) is 56.5 Å². The lowest BCUT2D eigenvalue weighted by Crippen LogP contribution is -2.32. The molecule has 1 unspecified atom stereocenters. The van der Waals surface area contributed by atoms with Crippen LogP contribution in [-0.4, -0.2) is 23.7 Å².